The molecule has 0 fully saturated rings. The number of aliphatic hydroxyl groups is 1. The minimum atomic E-state index is -1.13. The highest BCUT2D eigenvalue weighted by Gasteiger charge is 2.06. The maximum Gasteiger partial charge on any atom is 0.371 e. The Balaban J connectivity index is 0.000000200. The van der Waals surface area contributed by atoms with Gasteiger partial charge in [-0.25, -0.2) is 4.79 Å². The average Bonchev–Trinajstić information content (AvgIpc) is 3.08. The molecule has 0 unspecified atom stereocenters. The van der Waals surface area contributed by atoms with Gasteiger partial charge in [-0.05, 0) is 24.3 Å². The van der Waals surface area contributed by atoms with E-state index in [-0.39, 0.29) is 24.5 Å². The van der Waals surface area contributed by atoms with E-state index in [2.05, 4.69) is 4.42 Å². The molecule has 0 aliphatic carbocycles. The topological polar surface area (TPSA) is 121 Å². The van der Waals surface area contributed by atoms with E-state index >= 15 is 0 Å². The van der Waals surface area contributed by atoms with Crippen LogP contribution in [-0.4, -0.2) is 27.3 Å². The molecule has 2 aromatic heterocycles. The monoisotopic (exact) mass is 282 g/mol. The maximum atomic E-state index is 10.2. The highest BCUT2D eigenvalue weighted by molar-refractivity contribution is 5.84. The lowest BCUT2D eigenvalue weighted by atomic mass is 10.2. The summed E-state index contributed by atoms with van der Waals surface area (Å²) in [6.45, 7) is -0.271. The molecule has 0 saturated carbocycles. The number of aliphatic carboxylic acids is 1. The summed E-state index contributed by atoms with van der Waals surface area (Å²) < 4.78 is 9.57. The Morgan fingerprint density at radius 2 is 1.85 bits per heavy atom. The summed E-state index contributed by atoms with van der Waals surface area (Å²) in [5.41, 5.74) is 0. The number of hydrogen-bond donors (Lipinski definition) is 3. The number of hydrogen-bond acceptors (Lipinski definition) is 5. The lowest BCUT2D eigenvalue weighted by Crippen LogP contribution is -1.95. The Morgan fingerprint density at radius 1 is 1.10 bits per heavy atom. The lowest BCUT2D eigenvalue weighted by Gasteiger charge is -1.89. The smallest absolute Gasteiger partial charge is 0.371 e. The van der Waals surface area contributed by atoms with Crippen molar-refractivity contribution < 1.29 is 33.7 Å². The van der Waals surface area contributed by atoms with Gasteiger partial charge in [-0.1, -0.05) is 0 Å². The molecule has 0 atom stereocenters. The largest absolute Gasteiger partial charge is 0.481 e. The fraction of sp³-hybridized carbons (Fsp3) is 0.231. The van der Waals surface area contributed by atoms with Crippen LogP contribution in [0.5, 0.6) is 0 Å². The molecule has 2 aromatic rings. The second-order valence-electron chi connectivity index (χ2n) is 3.70. The molecule has 0 radical (unpaired) electrons. The van der Waals surface area contributed by atoms with Gasteiger partial charge in [0.05, 0.1) is 12.7 Å². The van der Waals surface area contributed by atoms with Gasteiger partial charge in [-0.15, -0.1) is 0 Å². The number of rotatable bonds is 5. The zero-order chi connectivity index (χ0) is 15.0. The number of aryl methyl sites for hydroxylation is 1. The molecule has 0 aromatic carbocycles. The van der Waals surface area contributed by atoms with Gasteiger partial charge in [0.2, 0.25) is 5.76 Å². The SMILES string of the molecule is O=C(O)CCc1ccco1.O=C(O)c1ccc(CO)o1. The average molecular weight is 282 g/mol. The lowest BCUT2D eigenvalue weighted by molar-refractivity contribution is -0.137. The normalized spacial score (nSPS) is 9.65. The van der Waals surface area contributed by atoms with Gasteiger partial charge in [-0.2, -0.15) is 0 Å². The second kappa shape index (κ2) is 7.80. The van der Waals surface area contributed by atoms with Crippen LogP contribution >= 0.6 is 0 Å². The summed E-state index contributed by atoms with van der Waals surface area (Å²) in [7, 11) is 0. The van der Waals surface area contributed by atoms with Crippen LogP contribution in [0.4, 0.5) is 0 Å². The van der Waals surface area contributed by atoms with Crippen LogP contribution in [0.25, 0.3) is 0 Å². The van der Waals surface area contributed by atoms with E-state index in [4.69, 9.17) is 19.7 Å². The van der Waals surface area contributed by atoms with Crippen molar-refractivity contribution in [2.75, 3.05) is 0 Å². The summed E-state index contributed by atoms with van der Waals surface area (Å²) in [5, 5.41) is 25.0. The van der Waals surface area contributed by atoms with E-state index in [1.54, 1.807) is 12.1 Å². The van der Waals surface area contributed by atoms with E-state index in [1.165, 1.54) is 18.4 Å². The van der Waals surface area contributed by atoms with Crippen molar-refractivity contribution in [1.82, 2.24) is 0 Å². The summed E-state index contributed by atoms with van der Waals surface area (Å²) >= 11 is 0. The van der Waals surface area contributed by atoms with E-state index in [0.29, 0.717) is 6.42 Å². The fourth-order valence-corrected chi connectivity index (χ4v) is 1.26. The van der Waals surface area contributed by atoms with Crippen molar-refractivity contribution in [3.63, 3.8) is 0 Å². The van der Waals surface area contributed by atoms with E-state index in [9.17, 15) is 9.59 Å². The number of aromatic carboxylic acids is 1. The quantitative estimate of drug-likeness (QED) is 0.763. The van der Waals surface area contributed by atoms with Crippen molar-refractivity contribution >= 4 is 11.9 Å². The number of carboxylic acid groups (broad SMARTS) is 2. The Morgan fingerprint density at radius 3 is 2.25 bits per heavy atom. The Labute approximate surface area is 114 Å². The molecular weight excluding hydrogens is 268 g/mol. The highest BCUT2D eigenvalue weighted by atomic mass is 16.4. The third kappa shape index (κ3) is 5.40. The van der Waals surface area contributed by atoms with Gasteiger partial charge in [0.25, 0.3) is 0 Å². The predicted molar refractivity (Wildman–Crippen MR) is 66.3 cm³/mol. The first kappa shape index (κ1) is 15.5. The van der Waals surface area contributed by atoms with Crippen LogP contribution in [0.2, 0.25) is 0 Å². The van der Waals surface area contributed by atoms with Crippen LogP contribution < -0.4 is 0 Å². The molecule has 108 valence electrons. The van der Waals surface area contributed by atoms with Crippen LogP contribution in [0.15, 0.2) is 39.4 Å². The third-order valence-corrected chi connectivity index (χ3v) is 2.19. The first-order valence-electron chi connectivity index (χ1n) is 5.70. The molecule has 20 heavy (non-hydrogen) atoms. The van der Waals surface area contributed by atoms with Crippen LogP contribution in [0.3, 0.4) is 0 Å². The standard InChI is InChI=1S/C7H8O3.C6H6O4/c8-7(9)4-3-6-2-1-5-10-6;7-3-4-1-2-5(10-4)6(8)9/h1-2,5H,3-4H2,(H,8,9);1-2,7H,3H2,(H,8,9). The Hall–Kier alpha value is -2.54. The fourth-order valence-electron chi connectivity index (χ4n) is 1.26. The maximum absolute atomic E-state index is 10.2. The van der Waals surface area contributed by atoms with E-state index < -0.39 is 11.9 Å². The number of carboxylic acids is 2. The van der Waals surface area contributed by atoms with Crippen molar-refractivity contribution in [3.8, 4) is 0 Å². The van der Waals surface area contributed by atoms with Crippen LogP contribution in [0, 0.1) is 0 Å². The summed E-state index contributed by atoms with van der Waals surface area (Å²) in [6.07, 6.45) is 2.15. The van der Waals surface area contributed by atoms with Crippen molar-refractivity contribution in [2.45, 2.75) is 19.4 Å². The predicted octanol–water partition coefficient (Wildman–Crippen LogP) is 1.77. The van der Waals surface area contributed by atoms with Crippen molar-refractivity contribution in [3.05, 3.63) is 47.8 Å². The number of carbonyl (C=O) groups is 2. The van der Waals surface area contributed by atoms with Crippen LogP contribution in [-0.2, 0) is 17.8 Å². The van der Waals surface area contributed by atoms with Gasteiger partial charge in [0.15, 0.2) is 0 Å². The summed E-state index contributed by atoms with van der Waals surface area (Å²) in [5.74, 6) is -1.08. The Bertz CT molecular complexity index is 539. The molecule has 0 aliphatic rings. The molecular formula is C13H14O7. The zero-order valence-electron chi connectivity index (χ0n) is 10.5. The summed E-state index contributed by atoms with van der Waals surface area (Å²) in [6, 6.07) is 6.23. The second-order valence-corrected chi connectivity index (χ2v) is 3.70. The highest BCUT2D eigenvalue weighted by Crippen LogP contribution is 2.06. The molecule has 7 heteroatoms. The van der Waals surface area contributed by atoms with Crippen molar-refractivity contribution in [2.24, 2.45) is 0 Å². The van der Waals surface area contributed by atoms with Crippen LogP contribution in [0.1, 0.15) is 28.5 Å². The van der Waals surface area contributed by atoms with Gasteiger partial charge in [0.1, 0.15) is 18.1 Å². The van der Waals surface area contributed by atoms with Gasteiger partial charge in [0, 0.05) is 6.42 Å². The molecule has 7 nitrogen and oxygen atoms in total. The first-order valence-corrected chi connectivity index (χ1v) is 5.70. The van der Waals surface area contributed by atoms with Gasteiger partial charge >= 0.3 is 11.9 Å². The minimum Gasteiger partial charge on any atom is -0.481 e. The van der Waals surface area contributed by atoms with Crippen molar-refractivity contribution in [1.29, 1.82) is 0 Å². The number of aliphatic hydroxyl groups excluding tert-OH is 1. The number of furan rings is 2. The Kier molecular flexibility index (Phi) is 6.05. The molecule has 2 rings (SSSR count). The van der Waals surface area contributed by atoms with Gasteiger partial charge in [-0.3, -0.25) is 4.79 Å². The third-order valence-electron chi connectivity index (χ3n) is 2.19. The molecule has 0 aliphatic heterocycles. The molecule has 0 bridgehead atoms. The molecule has 0 spiro atoms. The van der Waals surface area contributed by atoms with Gasteiger partial charge < -0.3 is 24.2 Å². The molecule has 0 saturated heterocycles. The molecule has 2 heterocycles. The zero-order valence-corrected chi connectivity index (χ0v) is 10.5. The minimum absolute atomic E-state index is 0.132. The first-order chi connectivity index (χ1) is 9.52. The molecule has 3 N–H and O–H groups in total. The summed E-state index contributed by atoms with van der Waals surface area (Å²) in [4.78, 5) is 20.2. The molecule has 0 amide bonds. The van der Waals surface area contributed by atoms with E-state index in [1.807, 2.05) is 0 Å². The van der Waals surface area contributed by atoms with E-state index in [0.717, 1.165) is 5.76 Å².